The minimum atomic E-state index is -0.431. The molecule has 0 N–H and O–H groups in total. The molecule has 0 bridgehead atoms. The zero-order chi connectivity index (χ0) is 15.5. The minimum Gasteiger partial charge on any atom is -0.373 e. The van der Waals surface area contributed by atoms with Gasteiger partial charge in [0.1, 0.15) is 0 Å². The SMILES string of the molecule is CCN(CC)C(C)(C)C(=O)CC1OCCc2ccccc21. The number of rotatable bonds is 6. The molecule has 2 rings (SSSR count). The topological polar surface area (TPSA) is 29.5 Å². The van der Waals surface area contributed by atoms with Crippen molar-refractivity contribution < 1.29 is 9.53 Å². The summed E-state index contributed by atoms with van der Waals surface area (Å²) in [5.41, 5.74) is 2.08. The van der Waals surface area contributed by atoms with Crippen LogP contribution in [0.3, 0.4) is 0 Å². The van der Waals surface area contributed by atoms with Crippen LogP contribution in [0.5, 0.6) is 0 Å². The number of fused-ring (bicyclic) bond motifs is 1. The molecule has 116 valence electrons. The summed E-state index contributed by atoms with van der Waals surface area (Å²) < 4.78 is 5.88. The molecule has 0 aromatic heterocycles. The van der Waals surface area contributed by atoms with E-state index in [2.05, 4.69) is 36.9 Å². The number of hydrogen-bond acceptors (Lipinski definition) is 3. The van der Waals surface area contributed by atoms with Crippen LogP contribution in [0.1, 0.15) is 51.3 Å². The average Bonchev–Trinajstić information content (AvgIpc) is 2.48. The number of Topliss-reactive ketones (excluding diaryl/α,β-unsaturated/α-hetero) is 1. The van der Waals surface area contributed by atoms with Crippen molar-refractivity contribution in [1.82, 2.24) is 4.90 Å². The van der Waals surface area contributed by atoms with Crippen molar-refractivity contribution in [1.29, 1.82) is 0 Å². The number of ether oxygens (including phenoxy) is 1. The first-order valence-corrected chi connectivity index (χ1v) is 7.98. The summed E-state index contributed by atoms with van der Waals surface area (Å²) in [5, 5.41) is 0. The number of ketones is 1. The molecule has 1 aliphatic heterocycles. The van der Waals surface area contributed by atoms with E-state index in [1.165, 1.54) is 11.1 Å². The van der Waals surface area contributed by atoms with E-state index in [-0.39, 0.29) is 11.9 Å². The Kier molecular flexibility index (Phi) is 5.17. The van der Waals surface area contributed by atoms with Gasteiger partial charge >= 0.3 is 0 Å². The van der Waals surface area contributed by atoms with E-state index in [9.17, 15) is 4.79 Å². The molecule has 0 spiro atoms. The lowest BCUT2D eigenvalue weighted by molar-refractivity contribution is -0.132. The van der Waals surface area contributed by atoms with Crippen LogP contribution in [0, 0.1) is 0 Å². The molecule has 0 amide bonds. The zero-order valence-electron chi connectivity index (χ0n) is 13.7. The highest BCUT2D eigenvalue weighted by Gasteiger charge is 2.35. The van der Waals surface area contributed by atoms with Crippen LogP contribution < -0.4 is 0 Å². The van der Waals surface area contributed by atoms with Crippen molar-refractivity contribution in [2.75, 3.05) is 19.7 Å². The maximum absolute atomic E-state index is 12.8. The van der Waals surface area contributed by atoms with E-state index in [4.69, 9.17) is 4.74 Å². The summed E-state index contributed by atoms with van der Waals surface area (Å²) in [5.74, 6) is 0.257. The third kappa shape index (κ3) is 3.35. The minimum absolute atomic E-state index is 0.0858. The second-order valence-electron chi connectivity index (χ2n) is 6.17. The van der Waals surface area contributed by atoms with Crippen molar-refractivity contribution in [3.63, 3.8) is 0 Å². The largest absolute Gasteiger partial charge is 0.373 e. The Morgan fingerprint density at radius 1 is 1.29 bits per heavy atom. The first kappa shape index (κ1) is 16.2. The molecule has 0 aliphatic carbocycles. The Morgan fingerprint density at radius 2 is 1.95 bits per heavy atom. The Hall–Kier alpha value is -1.19. The fourth-order valence-corrected chi connectivity index (χ4v) is 3.25. The molecule has 1 heterocycles. The van der Waals surface area contributed by atoms with Gasteiger partial charge in [0.05, 0.1) is 18.2 Å². The Morgan fingerprint density at radius 3 is 2.62 bits per heavy atom. The third-order valence-electron chi connectivity index (χ3n) is 4.70. The number of carbonyl (C=O) groups is 1. The molecule has 0 fully saturated rings. The van der Waals surface area contributed by atoms with Gasteiger partial charge in [0.15, 0.2) is 5.78 Å². The highest BCUT2D eigenvalue weighted by molar-refractivity contribution is 5.88. The second-order valence-corrected chi connectivity index (χ2v) is 6.17. The molecule has 1 aliphatic rings. The molecule has 0 radical (unpaired) electrons. The summed E-state index contributed by atoms with van der Waals surface area (Å²) in [6.07, 6.45) is 1.32. The predicted molar refractivity (Wildman–Crippen MR) is 85.5 cm³/mol. The number of benzene rings is 1. The number of carbonyl (C=O) groups excluding carboxylic acids is 1. The van der Waals surface area contributed by atoms with E-state index >= 15 is 0 Å². The van der Waals surface area contributed by atoms with Gasteiger partial charge in [-0.25, -0.2) is 0 Å². The maximum Gasteiger partial charge on any atom is 0.155 e. The smallest absolute Gasteiger partial charge is 0.155 e. The number of nitrogens with zero attached hydrogens (tertiary/aromatic N) is 1. The Balaban J connectivity index is 2.14. The zero-order valence-corrected chi connectivity index (χ0v) is 13.7. The molecule has 3 heteroatoms. The summed E-state index contributed by atoms with van der Waals surface area (Å²) in [6, 6.07) is 8.32. The van der Waals surface area contributed by atoms with Gasteiger partial charge in [-0.05, 0) is 44.5 Å². The van der Waals surface area contributed by atoms with Gasteiger partial charge in [-0.3, -0.25) is 9.69 Å². The van der Waals surface area contributed by atoms with Crippen molar-refractivity contribution in [2.24, 2.45) is 0 Å². The molecule has 3 nitrogen and oxygen atoms in total. The Labute approximate surface area is 128 Å². The van der Waals surface area contributed by atoms with Gasteiger partial charge in [0.2, 0.25) is 0 Å². The third-order valence-corrected chi connectivity index (χ3v) is 4.70. The van der Waals surface area contributed by atoms with Crippen LogP contribution in [-0.2, 0) is 16.0 Å². The predicted octanol–water partition coefficient (Wildman–Crippen LogP) is 3.38. The lowest BCUT2D eigenvalue weighted by Crippen LogP contribution is -2.50. The molecule has 1 aromatic rings. The van der Waals surface area contributed by atoms with E-state index in [1.807, 2.05) is 19.9 Å². The standard InChI is InChI=1S/C18H27NO2/c1-5-19(6-2)18(3,4)17(20)13-16-15-10-8-7-9-14(15)11-12-21-16/h7-10,16H,5-6,11-13H2,1-4H3. The van der Waals surface area contributed by atoms with E-state index in [0.29, 0.717) is 13.0 Å². The highest BCUT2D eigenvalue weighted by Crippen LogP contribution is 2.32. The summed E-state index contributed by atoms with van der Waals surface area (Å²) in [4.78, 5) is 15.0. The average molecular weight is 289 g/mol. The number of likely N-dealkylation sites (N-methyl/N-ethyl adjacent to an activating group) is 1. The van der Waals surface area contributed by atoms with Crippen LogP contribution in [0.25, 0.3) is 0 Å². The lowest BCUT2D eigenvalue weighted by Gasteiger charge is -2.37. The number of hydrogen-bond donors (Lipinski definition) is 0. The van der Waals surface area contributed by atoms with Gasteiger partial charge in [-0.2, -0.15) is 0 Å². The van der Waals surface area contributed by atoms with Crippen LogP contribution in [-0.4, -0.2) is 35.9 Å². The van der Waals surface area contributed by atoms with Crippen molar-refractivity contribution >= 4 is 5.78 Å². The second kappa shape index (κ2) is 6.71. The first-order chi connectivity index (χ1) is 10.0. The van der Waals surface area contributed by atoms with Crippen molar-refractivity contribution in [2.45, 2.75) is 52.2 Å². The maximum atomic E-state index is 12.8. The molecular weight excluding hydrogens is 262 g/mol. The fourth-order valence-electron chi connectivity index (χ4n) is 3.25. The first-order valence-electron chi connectivity index (χ1n) is 7.98. The van der Waals surface area contributed by atoms with Gasteiger partial charge in [-0.15, -0.1) is 0 Å². The van der Waals surface area contributed by atoms with E-state index in [0.717, 1.165) is 19.5 Å². The molecule has 0 saturated carbocycles. The van der Waals surface area contributed by atoms with E-state index in [1.54, 1.807) is 0 Å². The van der Waals surface area contributed by atoms with Gasteiger partial charge in [-0.1, -0.05) is 38.1 Å². The van der Waals surface area contributed by atoms with Crippen LogP contribution in [0.2, 0.25) is 0 Å². The molecule has 1 unspecified atom stereocenters. The van der Waals surface area contributed by atoms with Gasteiger partial charge < -0.3 is 4.74 Å². The summed E-state index contributed by atoms with van der Waals surface area (Å²) >= 11 is 0. The fraction of sp³-hybridized carbons (Fsp3) is 0.611. The van der Waals surface area contributed by atoms with Crippen LogP contribution in [0.4, 0.5) is 0 Å². The molecule has 1 atom stereocenters. The Bertz CT molecular complexity index is 492. The normalized spacial score (nSPS) is 18.6. The lowest BCUT2D eigenvalue weighted by atomic mass is 9.88. The summed E-state index contributed by atoms with van der Waals surface area (Å²) in [7, 11) is 0. The van der Waals surface area contributed by atoms with Crippen molar-refractivity contribution in [3.05, 3.63) is 35.4 Å². The van der Waals surface area contributed by atoms with Crippen LogP contribution >= 0.6 is 0 Å². The quantitative estimate of drug-likeness (QED) is 0.804. The molecule has 21 heavy (non-hydrogen) atoms. The van der Waals surface area contributed by atoms with E-state index < -0.39 is 5.54 Å². The summed E-state index contributed by atoms with van der Waals surface area (Å²) in [6.45, 7) is 10.7. The monoisotopic (exact) mass is 289 g/mol. The van der Waals surface area contributed by atoms with Crippen molar-refractivity contribution in [3.8, 4) is 0 Å². The molecule has 1 aromatic carbocycles. The highest BCUT2D eigenvalue weighted by atomic mass is 16.5. The molecular formula is C18H27NO2. The molecule has 0 saturated heterocycles. The van der Waals surface area contributed by atoms with Gasteiger partial charge in [0.25, 0.3) is 0 Å². The van der Waals surface area contributed by atoms with Crippen LogP contribution in [0.15, 0.2) is 24.3 Å². The van der Waals surface area contributed by atoms with Gasteiger partial charge in [0, 0.05) is 6.42 Å².